The summed E-state index contributed by atoms with van der Waals surface area (Å²) >= 11 is 0. The summed E-state index contributed by atoms with van der Waals surface area (Å²) in [4.78, 5) is 8.44. The summed E-state index contributed by atoms with van der Waals surface area (Å²) in [6, 6.07) is 6.12. The number of nitrogens with zero attached hydrogens (tertiary/aromatic N) is 4. The minimum absolute atomic E-state index is 0.209. The highest BCUT2D eigenvalue weighted by Gasteiger charge is 2.15. The fourth-order valence-corrected chi connectivity index (χ4v) is 2.51. The Morgan fingerprint density at radius 2 is 1.82 bits per heavy atom. The van der Waals surface area contributed by atoms with Crippen molar-refractivity contribution in [2.24, 2.45) is 0 Å². The molecule has 0 radical (unpaired) electrons. The summed E-state index contributed by atoms with van der Waals surface area (Å²) in [7, 11) is 0. The Labute approximate surface area is 130 Å². The van der Waals surface area contributed by atoms with Gasteiger partial charge in [0.05, 0.1) is 5.69 Å². The molecule has 0 N–H and O–H groups in total. The van der Waals surface area contributed by atoms with Crippen molar-refractivity contribution >= 4 is 5.78 Å². The molecule has 0 spiro atoms. The van der Waals surface area contributed by atoms with Gasteiger partial charge in [-0.05, 0) is 63.9 Å². The maximum atomic E-state index is 5.93. The third-order valence-corrected chi connectivity index (χ3v) is 3.37. The van der Waals surface area contributed by atoms with Crippen molar-refractivity contribution in [1.82, 2.24) is 19.6 Å². The van der Waals surface area contributed by atoms with E-state index >= 15 is 0 Å². The van der Waals surface area contributed by atoms with Gasteiger partial charge in [0.25, 0.3) is 5.78 Å². The molecule has 0 aliphatic heterocycles. The summed E-state index contributed by atoms with van der Waals surface area (Å²) in [5.41, 5.74) is 4.11. The summed E-state index contributed by atoms with van der Waals surface area (Å²) < 4.78 is 7.71. The third kappa shape index (κ3) is 2.66. The fourth-order valence-electron chi connectivity index (χ4n) is 2.51. The molecule has 0 aliphatic carbocycles. The first-order valence-corrected chi connectivity index (χ1v) is 7.30. The summed E-state index contributed by atoms with van der Waals surface area (Å²) in [5.74, 6) is 1.48. The monoisotopic (exact) mass is 296 g/mol. The number of aryl methyl sites for hydroxylation is 2. The zero-order chi connectivity index (χ0) is 15.9. The molecule has 0 saturated heterocycles. The fraction of sp³-hybridized carbons (Fsp3) is 0.353. The first kappa shape index (κ1) is 14.5. The average molecular weight is 296 g/mol. The van der Waals surface area contributed by atoms with Gasteiger partial charge in [-0.25, -0.2) is 4.98 Å². The first-order chi connectivity index (χ1) is 10.3. The number of rotatable bonds is 2. The molecule has 0 fully saturated rings. The number of hydrogen-bond acceptors (Lipinski definition) is 4. The van der Waals surface area contributed by atoms with E-state index in [1.165, 1.54) is 6.33 Å². The molecule has 114 valence electrons. The van der Waals surface area contributed by atoms with E-state index in [0.29, 0.717) is 5.78 Å². The molecule has 0 amide bonds. The van der Waals surface area contributed by atoms with Crippen LogP contribution >= 0.6 is 0 Å². The number of fused-ring (bicyclic) bond motifs is 1. The Bertz CT molecular complexity index is 830. The van der Waals surface area contributed by atoms with Gasteiger partial charge in [0.15, 0.2) is 0 Å². The van der Waals surface area contributed by atoms with Crippen molar-refractivity contribution in [3.05, 3.63) is 41.9 Å². The second-order valence-electron chi connectivity index (χ2n) is 6.45. The van der Waals surface area contributed by atoms with Crippen LogP contribution in [0, 0.1) is 13.8 Å². The van der Waals surface area contributed by atoms with Crippen molar-refractivity contribution in [1.29, 1.82) is 0 Å². The number of hydrogen-bond donors (Lipinski definition) is 0. The quantitative estimate of drug-likeness (QED) is 0.725. The van der Waals surface area contributed by atoms with Crippen LogP contribution in [0.4, 0.5) is 0 Å². The largest absolute Gasteiger partial charge is 0.488 e. The minimum atomic E-state index is -0.209. The average Bonchev–Trinajstić information content (AvgIpc) is 2.86. The molecule has 3 aromatic rings. The Balaban J connectivity index is 2.12. The molecule has 0 bridgehead atoms. The van der Waals surface area contributed by atoms with Crippen molar-refractivity contribution in [3.8, 4) is 17.0 Å². The van der Waals surface area contributed by atoms with E-state index in [1.807, 2.05) is 40.0 Å². The standard InChI is InChI=1S/C17H20N4O/c1-11-8-13(22-17(3,4)5)6-7-14(11)15-12(2)9-18-16-19-10-20-21(15)16/h6-10H,1-5H3. The highest BCUT2D eigenvalue weighted by atomic mass is 16.5. The van der Waals surface area contributed by atoms with Crippen molar-refractivity contribution in [2.45, 2.75) is 40.2 Å². The van der Waals surface area contributed by atoms with E-state index < -0.39 is 0 Å². The topological polar surface area (TPSA) is 52.3 Å². The van der Waals surface area contributed by atoms with Gasteiger partial charge in [-0.15, -0.1) is 0 Å². The Kier molecular flexibility index (Phi) is 3.35. The molecule has 2 heterocycles. The van der Waals surface area contributed by atoms with Gasteiger partial charge in [0.1, 0.15) is 17.7 Å². The Morgan fingerprint density at radius 1 is 1.05 bits per heavy atom. The molecule has 22 heavy (non-hydrogen) atoms. The van der Waals surface area contributed by atoms with Crippen LogP contribution in [0.2, 0.25) is 0 Å². The van der Waals surface area contributed by atoms with Crippen LogP contribution in [0.1, 0.15) is 31.9 Å². The second kappa shape index (κ2) is 5.09. The molecule has 2 aromatic heterocycles. The molecule has 0 aliphatic rings. The molecule has 0 atom stereocenters. The lowest BCUT2D eigenvalue weighted by atomic mass is 10.0. The van der Waals surface area contributed by atoms with Gasteiger partial charge in [-0.3, -0.25) is 0 Å². The van der Waals surface area contributed by atoms with E-state index in [-0.39, 0.29) is 5.60 Å². The second-order valence-corrected chi connectivity index (χ2v) is 6.45. The number of ether oxygens (including phenoxy) is 1. The highest BCUT2D eigenvalue weighted by Crippen LogP contribution is 2.30. The summed E-state index contributed by atoms with van der Waals surface area (Å²) in [6.07, 6.45) is 3.36. The van der Waals surface area contributed by atoms with E-state index in [0.717, 1.165) is 28.1 Å². The third-order valence-electron chi connectivity index (χ3n) is 3.37. The van der Waals surface area contributed by atoms with Gasteiger partial charge in [0, 0.05) is 11.8 Å². The van der Waals surface area contributed by atoms with Crippen LogP contribution in [0.15, 0.2) is 30.7 Å². The molecule has 0 unspecified atom stereocenters. The molecular weight excluding hydrogens is 276 g/mol. The van der Waals surface area contributed by atoms with Crippen molar-refractivity contribution in [2.75, 3.05) is 0 Å². The molecule has 0 saturated carbocycles. The predicted octanol–water partition coefficient (Wildman–Crippen LogP) is 3.59. The number of benzene rings is 1. The molecular formula is C17H20N4O. The maximum absolute atomic E-state index is 5.93. The van der Waals surface area contributed by atoms with E-state index in [2.05, 4.69) is 34.1 Å². The normalized spacial score (nSPS) is 11.9. The molecule has 5 nitrogen and oxygen atoms in total. The Morgan fingerprint density at radius 3 is 2.50 bits per heavy atom. The first-order valence-electron chi connectivity index (χ1n) is 7.30. The van der Waals surface area contributed by atoms with Crippen molar-refractivity contribution < 1.29 is 4.74 Å². The van der Waals surface area contributed by atoms with E-state index in [4.69, 9.17) is 4.74 Å². The Hall–Kier alpha value is -2.43. The van der Waals surface area contributed by atoms with Crippen LogP contribution < -0.4 is 4.74 Å². The van der Waals surface area contributed by atoms with Crippen LogP contribution in [-0.4, -0.2) is 25.2 Å². The predicted molar refractivity (Wildman–Crippen MR) is 86.1 cm³/mol. The maximum Gasteiger partial charge on any atom is 0.252 e. The number of aromatic nitrogens is 4. The molecule has 5 heteroatoms. The summed E-state index contributed by atoms with van der Waals surface area (Å²) in [5, 5.41) is 4.29. The lowest BCUT2D eigenvalue weighted by molar-refractivity contribution is 0.131. The summed E-state index contributed by atoms with van der Waals surface area (Å²) in [6.45, 7) is 10.2. The minimum Gasteiger partial charge on any atom is -0.488 e. The van der Waals surface area contributed by atoms with Gasteiger partial charge >= 0.3 is 0 Å². The van der Waals surface area contributed by atoms with Gasteiger partial charge in [-0.2, -0.15) is 14.6 Å². The van der Waals surface area contributed by atoms with Crippen molar-refractivity contribution in [3.63, 3.8) is 0 Å². The van der Waals surface area contributed by atoms with Crippen LogP contribution in [0.3, 0.4) is 0 Å². The van der Waals surface area contributed by atoms with E-state index in [1.54, 1.807) is 4.52 Å². The SMILES string of the molecule is Cc1cc(OC(C)(C)C)ccc1-c1c(C)cnc2ncnn12. The smallest absolute Gasteiger partial charge is 0.252 e. The van der Waals surface area contributed by atoms with Crippen LogP contribution in [-0.2, 0) is 0 Å². The molecule has 3 rings (SSSR count). The van der Waals surface area contributed by atoms with Gasteiger partial charge in [-0.1, -0.05) is 0 Å². The van der Waals surface area contributed by atoms with Crippen LogP contribution in [0.25, 0.3) is 17.0 Å². The zero-order valence-corrected chi connectivity index (χ0v) is 13.6. The van der Waals surface area contributed by atoms with E-state index in [9.17, 15) is 0 Å². The molecule has 1 aromatic carbocycles. The van der Waals surface area contributed by atoms with Gasteiger partial charge in [0.2, 0.25) is 0 Å². The van der Waals surface area contributed by atoms with Crippen LogP contribution in [0.5, 0.6) is 5.75 Å². The highest BCUT2D eigenvalue weighted by molar-refractivity contribution is 5.69. The lowest BCUT2D eigenvalue weighted by Gasteiger charge is -2.22. The zero-order valence-electron chi connectivity index (χ0n) is 13.6. The lowest BCUT2D eigenvalue weighted by Crippen LogP contribution is -2.22. The van der Waals surface area contributed by atoms with Gasteiger partial charge < -0.3 is 4.74 Å².